The van der Waals surface area contributed by atoms with Crippen LogP contribution in [0, 0.1) is 5.92 Å². The highest BCUT2D eigenvalue weighted by Crippen LogP contribution is 2.17. The highest BCUT2D eigenvalue weighted by atomic mass is 16.2. The largest absolute Gasteiger partial charge is 0.338 e. The van der Waals surface area contributed by atoms with Crippen LogP contribution in [0.25, 0.3) is 0 Å². The molecule has 0 spiro atoms. The first-order chi connectivity index (χ1) is 10.6. The predicted octanol–water partition coefficient (Wildman–Crippen LogP) is 2.56. The van der Waals surface area contributed by atoms with E-state index in [0.717, 1.165) is 18.7 Å². The minimum Gasteiger partial charge on any atom is -0.338 e. The van der Waals surface area contributed by atoms with E-state index in [1.54, 1.807) is 12.4 Å². The van der Waals surface area contributed by atoms with Gasteiger partial charge in [-0.2, -0.15) is 0 Å². The van der Waals surface area contributed by atoms with Gasteiger partial charge in [-0.1, -0.05) is 6.07 Å². The Balaban J connectivity index is 1.73. The zero-order valence-corrected chi connectivity index (χ0v) is 13.9. The zero-order valence-electron chi connectivity index (χ0n) is 13.9. The number of hydrogen-bond acceptors (Lipinski definition) is 3. The standard InChI is InChI=1S/C17H28N4O/c1-13(2)21-9-5-6-15(12-21)10-19-17(22)20-14(3)16-7-4-8-18-11-16/h4,7-8,11,13-15H,5-6,9-10,12H2,1-3H3,(H2,19,20,22). The number of amides is 2. The Bertz CT molecular complexity index is 463. The summed E-state index contributed by atoms with van der Waals surface area (Å²) in [6, 6.07) is 4.31. The molecule has 5 nitrogen and oxygen atoms in total. The fraction of sp³-hybridized carbons (Fsp3) is 0.647. The summed E-state index contributed by atoms with van der Waals surface area (Å²) >= 11 is 0. The normalized spacial score (nSPS) is 20.6. The number of rotatable bonds is 5. The van der Waals surface area contributed by atoms with Gasteiger partial charge >= 0.3 is 6.03 Å². The minimum absolute atomic E-state index is 0.0350. The zero-order chi connectivity index (χ0) is 15.9. The van der Waals surface area contributed by atoms with Crippen molar-refractivity contribution in [2.24, 2.45) is 5.92 Å². The van der Waals surface area contributed by atoms with Crippen molar-refractivity contribution in [2.45, 2.75) is 45.7 Å². The summed E-state index contributed by atoms with van der Waals surface area (Å²) in [5, 5.41) is 5.98. The monoisotopic (exact) mass is 304 g/mol. The molecule has 2 N–H and O–H groups in total. The number of aromatic nitrogens is 1. The second-order valence-corrected chi connectivity index (χ2v) is 6.46. The van der Waals surface area contributed by atoms with Crippen LogP contribution in [-0.4, -0.2) is 41.6 Å². The second kappa shape index (κ2) is 8.13. The number of urea groups is 1. The van der Waals surface area contributed by atoms with Crippen LogP contribution in [-0.2, 0) is 0 Å². The number of hydrogen-bond donors (Lipinski definition) is 2. The molecule has 2 atom stereocenters. The van der Waals surface area contributed by atoms with Crippen LogP contribution in [0.15, 0.2) is 24.5 Å². The van der Waals surface area contributed by atoms with E-state index in [0.29, 0.717) is 12.0 Å². The summed E-state index contributed by atoms with van der Waals surface area (Å²) in [4.78, 5) is 18.6. The minimum atomic E-state index is -0.0991. The highest BCUT2D eigenvalue weighted by Gasteiger charge is 2.22. The van der Waals surface area contributed by atoms with Crippen molar-refractivity contribution >= 4 is 6.03 Å². The van der Waals surface area contributed by atoms with Crippen molar-refractivity contribution in [1.82, 2.24) is 20.5 Å². The molecule has 1 aromatic heterocycles. The van der Waals surface area contributed by atoms with E-state index >= 15 is 0 Å². The summed E-state index contributed by atoms with van der Waals surface area (Å²) in [5.74, 6) is 0.551. The summed E-state index contributed by atoms with van der Waals surface area (Å²) in [5.41, 5.74) is 1.02. The lowest BCUT2D eigenvalue weighted by Gasteiger charge is -2.35. The number of nitrogens with one attached hydrogen (secondary N) is 2. The summed E-state index contributed by atoms with van der Waals surface area (Å²) in [7, 11) is 0. The molecular formula is C17H28N4O. The predicted molar refractivity (Wildman–Crippen MR) is 88.6 cm³/mol. The first kappa shape index (κ1) is 16.7. The van der Waals surface area contributed by atoms with E-state index in [-0.39, 0.29) is 12.1 Å². The second-order valence-electron chi connectivity index (χ2n) is 6.46. The molecule has 1 aromatic rings. The van der Waals surface area contributed by atoms with Crippen molar-refractivity contribution < 1.29 is 4.79 Å². The molecule has 2 heterocycles. The molecule has 0 aromatic carbocycles. The number of carbonyl (C=O) groups excluding carboxylic acids is 1. The van der Waals surface area contributed by atoms with Crippen molar-refractivity contribution in [3.05, 3.63) is 30.1 Å². The molecule has 0 radical (unpaired) electrons. The number of pyridine rings is 1. The molecule has 2 unspecified atom stereocenters. The molecule has 2 amide bonds. The van der Waals surface area contributed by atoms with Gasteiger partial charge in [-0.05, 0) is 57.7 Å². The van der Waals surface area contributed by atoms with Crippen molar-refractivity contribution in [3.63, 3.8) is 0 Å². The maximum atomic E-state index is 12.0. The van der Waals surface area contributed by atoms with E-state index in [1.165, 1.54) is 19.4 Å². The lowest BCUT2D eigenvalue weighted by molar-refractivity contribution is 0.139. The number of piperidine rings is 1. The summed E-state index contributed by atoms with van der Waals surface area (Å²) < 4.78 is 0. The summed E-state index contributed by atoms with van der Waals surface area (Å²) in [6.07, 6.45) is 5.94. The van der Waals surface area contributed by atoms with Gasteiger partial charge in [-0.3, -0.25) is 4.98 Å². The molecule has 1 aliphatic rings. The topological polar surface area (TPSA) is 57.3 Å². The van der Waals surface area contributed by atoms with Crippen LogP contribution in [0.4, 0.5) is 4.79 Å². The van der Waals surface area contributed by atoms with E-state index in [1.807, 2.05) is 19.1 Å². The molecule has 1 saturated heterocycles. The van der Waals surface area contributed by atoms with Gasteiger partial charge < -0.3 is 15.5 Å². The van der Waals surface area contributed by atoms with Crippen LogP contribution in [0.5, 0.6) is 0 Å². The third kappa shape index (κ3) is 4.98. The number of carbonyl (C=O) groups is 1. The van der Waals surface area contributed by atoms with Gasteiger partial charge in [0, 0.05) is 31.5 Å². The Morgan fingerprint density at radius 3 is 2.95 bits per heavy atom. The van der Waals surface area contributed by atoms with Crippen LogP contribution < -0.4 is 10.6 Å². The van der Waals surface area contributed by atoms with Crippen molar-refractivity contribution in [3.8, 4) is 0 Å². The maximum Gasteiger partial charge on any atom is 0.315 e. The van der Waals surface area contributed by atoms with Crippen LogP contribution in [0.2, 0.25) is 0 Å². The molecular weight excluding hydrogens is 276 g/mol. The van der Waals surface area contributed by atoms with Crippen molar-refractivity contribution in [2.75, 3.05) is 19.6 Å². The Hall–Kier alpha value is -1.62. The number of nitrogens with zero attached hydrogens (tertiary/aromatic N) is 2. The van der Waals surface area contributed by atoms with Crippen LogP contribution in [0.3, 0.4) is 0 Å². The Labute approximate surface area is 133 Å². The van der Waals surface area contributed by atoms with Gasteiger partial charge in [0.15, 0.2) is 0 Å². The van der Waals surface area contributed by atoms with E-state index < -0.39 is 0 Å². The van der Waals surface area contributed by atoms with Gasteiger partial charge in [-0.15, -0.1) is 0 Å². The third-order valence-electron chi connectivity index (χ3n) is 4.36. The Kier molecular flexibility index (Phi) is 6.19. The average molecular weight is 304 g/mol. The molecule has 22 heavy (non-hydrogen) atoms. The molecule has 0 bridgehead atoms. The van der Waals surface area contributed by atoms with E-state index in [9.17, 15) is 4.79 Å². The molecule has 1 fully saturated rings. The molecule has 0 saturated carbocycles. The smallest absolute Gasteiger partial charge is 0.315 e. The van der Waals surface area contributed by atoms with Gasteiger partial charge in [0.2, 0.25) is 0 Å². The van der Waals surface area contributed by atoms with Crippen molar-refractivity contribution in [1.29, 1.82) is 0 Å². The van der Waals surface area contributed by atoms with Gasteiger partial charge in [0.25, 0.3) is 0 Å². The SMILES string of the molecule is CC(NC(=O)NCC1CCCN(C(C)C)C1)c1cccnc1. The van der Waals surface area contributed by atoms with Gasteiger partial charge in [-0.25, -0.2) is 4.79 Å². The van der Waals surface area contributed by atoms with E-state index in [4.69, 9.17) is 0 Å². The maximum absolute atomic E-state index is 12.0. The number of likely N-dealkylation sites (tertiary alicyclic amines) is 1. The van der Waals surface area contributed by atoms with E-state index in [2.05, 4.69) is 34.4 Å². The Morgan fingerprint density at radius 2 is 2.27 bits per heavy atom. The average Bonchev–Trinajstić information content (AvgIpc) is 2.54. The van der Waals surface area contributed by atoms with Crippen LogP contribution >= 0.6 is 0 Å². The fourth-order valence-electron chi connectivity index (χ4n) is 2.93. The van der Waals surface area contributed by atoms with Gasteiger partial charge in [0.05, 0.1) is 6.04 Å². The lowest BCUT2D eigenvalue weighted by atomic mass is 9.97. The molecule has 122 valence electrons. The molecule has 5 heteroatoms. The third-order valence-corrected chi connectivity index (χ3v) is 4.36. The fourth-order valence-corrected chi connectivity index (χ4v) is 2.93. The van der Waals surface area contributed by atoms with Crippen LogP contribution in [0.1, 0.15) is 45.2 Å². The Morgan fingerprint density at radius 1 is 1.45 bits per heavy atom. The first-order valence-electron chi connectivity index (χ1n) is 8.24. The first-order valence-corrected chi connectivity index (χ1v) is 8.24. The summed E-state index contributed by atoms with van der Waals surface area (Å²) in [6.45, 7) is 9.44. The molecule has 1 aliphatic heterocycles. The molecule has 0 aliphatic carbocycles. The quantitative estimate of drug-likeness (QED) is 0.879. The van der Waals surface area contributed by atoms with Gasteiger partial charge in [0.1, 0.15) is 0 Å². The lowest BCUT2D eigenvalue weighted by Crippen LogP contribution is -2.45. The highest BCUT2D eigenvalue weighted by molar-refractivity contribution is 5.74. The molecule has 2 rings (SSSR count).